The number of hydrogen-bond acceptors (Lipinski definition) is 4. The van der Waals surface area contributed by atoms with Crippen LogP contribution in [-0.2, 0) is 6.18 Å². The van der Waals surface area contributed by atoms with E-state index in [9.17, 15) is 18.0 Å². The maximum atomic E-state index is 12.7. The Labute approximate surface area is 141 Å². The Morgan fingerprint density at radius 1 is 1.28 bits per heavy atom. The van der Waals surface area contributed by atoms with Crippen LogP contribution in [0, 0.1) is 11.3 Å². The summed E-state index contributed by atoms with van der Waals surface area (Å²) >= 11 is 0. The van der Waals surface area contributed by atoms with Crippen LogP contribution >= 0.6 is 0 Å². The second kappa shape index (κ2) is 6.43. The number of halogens is 3. The number of benzene rings is 1. The van der Waals surface area contributed by atoms with Crippen LogP contribution in [0.25, 0.3) is 0 Å². The summed E-state index contributed by atoms with van der Waals surface area (Å²) in [6.45, 7) is 0.438. The normalized spacial score (nSPS) is 14.6. The molecule has 1 aromatic heterocycles. The molecule has 1 saturated heterocycles. The van der Waals surface area contributed by atoms with E-state index in [1.807, 2.05) is 6.07 Å². The molecule has 0 saturated carbocycles. The van der Waals surface area contributed by atoms with Crippen LogP contribution < -0.4 is 4.74 Å². The Bertz CT molecular complexity index is 840. The monoisotopic (exact) mass is 347 g/mol. The number of likely N-dealkylation sites (tertiary alicyclic amines) is 1. The smallest absolute Gasteiger partial charge is 0.416 e. The highest BCUT2D eigenvalue weighted by molar-refractivity contribution is 5.95. The van der Waals surface area contributed by atoms with Crippen LogP contribution in [0.5, 0.6) is 5.88 Å². The zero-order valence-corrected chi connectivity index (χ0v) is 12.8. The molecule has 25 heavy (non-hydrogen) atoms. The minimum Gasteiger partial charge on any atom is -0.470 e. The van der Waals surface area contributed by atoms with E-state index < -0.39 is 17.6 Å². The lowest BCUT2D eigenvalue weighted by molar-refractivity contribution is -0.137. The van der Waals surface area contributed by atoms with Crippen molar-refractivity contribution in [2.45, 2.75) is 12.3 Å². The van der Waals surface area contributed by atoms with Crippen molar-refractivity contribution in [2.24, 2.45) is 0 Å². The van der Waals surface area contributed by atoms with Crippen LogP contribution in [0.2, 0.25) is 0 Å². The van der Waals surface area contributed by atoms with Gasteiger partial charge in [0.15, 0.2) is 0 Å². The highest BCUT2D eigenvalue weighted by Crippen LogP contribution is 2.30. The molecule has 0 bridgehead atoms. The van der Waals surface area contributed by atoms with Gasteiger partial charge in [-0.2, -0.15) is 18.4 Å². The van der Waals surface area contributed by atoms with E-state index >= 15 is 0 Å². The Hall–Kier alpha value is -3.08. The molecule has 0 atom stereocenters. The summed E-state index contributed by atoms with van der Waals surface area (Å²) in [5, 5.41) is 8.98. The first-order valence-corrected chi connectivity index (χ1v) is 7.37. The number of carbonyl (C=O) groups is 1. The minimum absolute atomic E-state index is 0.0242. The van der Waals surface area contributed by atoms with Crippen LogP contribution in [0.4, 0.5) is 13.2 Å². The first-order chi connectivity index (χ1) is 11.9. The van der Waals surface area contributed by atoms with Crippen molar-refractivity contribution in [2.75, 3.05) is 13.1 Å². The molecule has 0 N–H and O–H groups in total. The predicted molar refractivity (Wildman–Crippen MR) is 80.7 cm³/mol. The summed E-state index contributed by atoms with van der Waals surface area (Å²) in [5.41, 5.74) is -0.604. The van der Waals surface area contributed by atoms with Gasteiger partial charge in [0.25, 0.3) is 5.91 Å². The molecule has 0 spiro atoms. The zero-order valence-electron chi connectivity index (χ0n) is 12.8. The van der Waals surface area contributed by atoms with E-state index in [2.05, 4.69) is 4.98 Å². The third kappa shape index (κ3) is 3.55. The molecule has 0 unspecified atom stereocenters. The number of nitriles is 1. The third-order valence-corrected chi connectivity index (χ3v) is 3.74. The van der Waals surface area contributed by atoms with Gasteiger partial charge in [-0.1, -0.05) is 6.07 Å². The molecule has 1 aromatic carbocycles. The molecule has 3 rings (SSSR count). The quantitative estimate of drug-likeness (QED) is 0.856. The maximum absolute atomic E-state index is 12.7. The lowest BCUT2D eigenvalue weighted by Gasteiger charge is -2.38. The van der Waals surface area contributed by atoms with Gasteiger partial charge in [0.2, 0.25) is 5.88 Å². The number of ether oxygens (including phenoxy) is 1. The first kappa shape index (κ1) is 16.8. The summed E-state index contributed by atoms with van der Waals surface area (Å²) in [5.74, 6) is -0.311. The number of amides is 1. The van der Waals surface area contributed by atoms with E-state index in [1.165, 1.54) is 23.2 Å². The average molecular weight is 347 g/mol. The van der Waals surface area contributed by atoms with Gasteiger partial charge in [0.1, 0.15) is 17.7 Å². The summed E-state index contributed by atoms with van der Waals surface area (Å²) in [6, 6.07) is 9.43. The van der Waals surface area contributed by atoms with Crippen molar-refractivity contribution >= 4 is 5.91 Å². The number of nitrogens with zero attached hydrogens (tertiary/aromatic N) is 3. The lowest BCUT2D eigenvalue weighted by Crippen LogP contribution is -2.56. The maximum Gasteiger partial charge on any atom is 0.416 e. The van der Waals surface area contributed by atoms with Crippen molar-refractivity contribution in [3.63, 3.8) is 0 Å². The molecule has 8 heteroatoms. The van der Waals surface area contributed by atoms with Gasteiger partial charge in [0.05, 0.1) is 18.7 Å². The van der Waals surface area contributed by atoms with Gasteiger partial charge in [-0.3, -0.25) is 4.79 Å². The number of aromatic nitrogens is 1. The molecular weight excluding hydrogens is 335 g/mol. The van der Waals surface area contributed by atoms with Gasteiger partial charge in [-0.15, -0.1) is 0 Å². The minimum atomic E-state index is -4.50. The van der Waals surface area contributed by atoms with Crippen LogP contribution in [0.15, 0.2) is 42.6 Å². The van der Waals surface area contributed by atoms with Gasteiger partial charge < -0.3 is 9.64 Å². The molecule has 1 amide bonds. The fourth-order valence-electron chi connectivity index (χ4n) is 2.42. The molecule has 2 heterocycles. The standard InChI is InChI=1S/C17H12F3N3O2/c18-17(19,20)13-5-1-3-11(7-13)16(24)23-9-14(10-23)25-15-12(8-21)4-2-6-22-15/h1-7,14H,9-10H2. The van der Waals surface area contributed by atoms with Crippen molar-refractivity contribution in [3.8, 4) is 11.9 Å². The Morgan fingerprint density at radius 3 is 2.72 bits per heavy atom. The van der Waals surface area contributed by atoms with Crippen LogP contribution in [0.1, 0.15) is 21.5 Å². The Balaban J connectivity index is 1.63. The molecule has 5 nitrogen and oxygen atoms in total. The van der Waals surface area contributed by atoms with Gasteiger partial charge in [-0.25, -0.2) is 4.98 Å². The molecule has 0 radical (unpaired) electrons. The number of rotatable bonds is 3. The summed E-state index contributed by atoms with van der Waals surface area (Å²) in [7, 11) is 0. The zero-order chi connectivity index (χ0) is 18.0. The first-order valence-electron chi connectivity index (χ1n) is 7.37. The predicted octanol–water partition coefficient (Wildman–Crippen LogP) is 2.88. The SMILES string of the molecule is N#Cc1cccnc1OC1CN(C(=O)c2cccc(C(F)(F)F)c2)C1. The van der Waals surface area contributed by atoms with Crippen LogP contribution in [-0.4, -0.2) is 35.0 Å². The van der Waals surface area contributed by atoms with Crippen LogP contribution in [0.3, 0.4) is 0 Å². The number of hydrogen-bond donors (Lipinski definition) is 0. The Morgan fingerprint density at radius 2 is 2.04 bits per heavy atom. The van der Waals surface area contributed by atoms with Crippen molar-refractivity contribution < 1.29 is 22.7 Å². The van der Waals surface area contributed by atoms with E-state index in [4.69, 9.17) is 10.00 Å². The van der Waals surface area contributed by atoms with Crippen molar-refractivity contribution in [1.82, 2.24) is 9.88 Å². The Kier molecular flexibility index (Phi) is 4.31. The largest absolute Gasteiger partial charge is 0.470 e. The second-order valence-corrected chi connectivity index (χ2v) is 5.50. The number of carbonyl (C=O) groups excluding carboxylic acids is 1. The highest BCUT2D eigenvalue weighted by Gasteiger charge is 2.35. The molecule has 2 aromatic rings. The number of pyridine rings is 1. The topological polar surface area (TPSA) is 66.2 Å². The van der Waals surface area contributed by atoms with Crippen molar-refractivity contribution in [1.29, 1.82) is 5.26 Å². The lowest BCUT2D eigenvalue weighted by atomic mass is 10.1. The molecule has 1 aliphatic rings. The molecule has 1 fully saturated rings. The van der Waals surface area contributed by atoms with Crippen molar-refractivity contribution in [3.05, 3.63) is 59.3 Å². The van der Waals surface area contributed by atoms with Gasteiger partial charge in [0, 0.05) is 11.8 Å². The summed E-state index contributed by atoms with van der Waals surface area (Å²) < 4.78 is 43.7. The molecular formula is C17H12F3N3O2. The van der Waals surface area contributed by atoms with E-state index in [0.29, 0.717) is 0 Å². The summed E-state index contributed by atoms with van der Waals surface area (Å²) in [6.07, 6.45) is -3.36. The fourth-order valence-corrected chi connectivity index (χ4v) is 2.42. The van der Waals surface area contributed by atoms with E-state index in [0.717, 1.165) is 12.1 Å². The van der Waals surface area contributed by atoms with Gasteiger partial charge in [-0.05, 0) is 30.3 Å². The summed E-state index contributed by atoms with van der Waals surface area (Å²) in [4.78, 5) is 17.6. The average Bonchev–Trinajstić information content (AvgIpc) is 2.57. The molecule has 0 aliphatic carbocycles. The second-order valence-electron chi connectivity index (χ2n) is 5.50. The molecule has 1 aliphatic heterocycles. The van der Waals surface area contributed by atoms with E-state index in [-0.39, 0.29) is 36.2 Å². The molecule has 128 valence electrons. The number of alkyl halides is 3. The fraction of sp³-hybridized carbons (Fsp3) is 0.235. The van der Waals surface area contributed by atoms with E-state index in [1.54, 1.807) is 12.1 Å². The third-order valence-electron chi connectivity index (χ3n) is 3.74. The highest BCUT2D eigenvalue weighted by atomic mass is 19.4. The van der Waals surface area contributed by atoms with Gasteiger partial charge >= 0.3 is 6.18 Å².